The Morgan fingerprint density at radius 2 is 0.650 bits per heavy atom. The molecule has 0 aromatic carbocycles. The van der Waals surface area contributed by atoms with Crippen molar-refractivity contribution in [3.05, 3.63) is 0 Å². The highest BCUT2D eigenvalue weighted by molar-refractivity contribution is 4.98. The van der Waals surface area contributed by atoms with Crippen molar-refractivity contribution in [2.75, 3.05) is 13.2 Å². The molecule has 10 N–H and O–H groups in total. The zero-order chi connectivity index (χ0) is 16.0. The van der Waals surface area contributed by atoms with E-state index in [0.717, 1.165) is 0 Å². The van der Waals surface area contributed by atoms with Gasteiger partial charge in [0.2, 0.25) is 0 Å². The molecule has 2 unspecified atom stereocenters. The van der Waals surface area contributed by atoms with E-state index in [4.69, 9.17) is 51.1 Å². The van der Waals surface area contributed by atoms with Gasteiger partial charge in [0.25, 0.3) is 0 Å². The first kappa shape index (κ1) is 19.6. The number of aliphatic hydroxyl groups excluding tert-OH is 10. The topological polar surface area (TPSA) is 202 Å². The Morgan fingerprint density at radius 1 is 0.500 bits per heavy atom. The molecule has 0 aromatic rings. The molecule has 0 aliphatic heterocycles. The summed E-state index contributed by atoms with van der Waals surface area (Å²) in [6.45, 7) is -1.05. The fourth-order valence-corrected chi connectivity index (χ4v) is 1.46. The quantitative estimate of drug-likeness (QED) is 0.239. The van der Waals surface area contributed by atoms with Crippen molar-refractivity contribution in [1.82, 2.24) is 0 Å². The molecule has 10 nitrogen and oxygen atoms in total. The summed E-state index contributed by atoms with van der Waals surface area (Å²) in [6.07, 6.45) is -12.3. The molecular formula is C10H22O10. The van der Waals surface area contributed by atoms with Gasteiger partial charge in [-0.1, -0.05) is 0 Å². The van der Waals surface area contributed by atoms with Gasteiger partial charge in [-0.2, -0.15) is 0 Å². The van der Waals surface area contributed by atoms with Crippen molar-refractivity contribution in [3.8, 4) is 0 Å². The van der Waals surface area contributed by atoms with Crippen LogP contribution in [0.2, 0.25) is 0 Å². The van der Waals surface area contributed by atoms with Crippen molar-refractivity contribution < 1.29 is 51.1 Å². The van der Waals surface area contributed by atoms with Gasteiger partial charge in [0.15, 0.2) is 0 Å². The predicted octanol–water partition coefficient (Wildman–Crippen LogP) is -6.14. The van der Waals surface area contributed by atoms with Gasteiger partial charge in [-0.25, -0.2) is 0 Å². The first-order chi connectivity index (χ1) is 9.18. The summed E-state index contributed by atoms with van der Waals surface area (Å²) >= 11 is 0. The van der Waals surface area contributed by atoms with E-state index in [9.17, 15) is 0 Å². The molecule has 20 heavy (non-hydrogen) atoms. The largest absolute Gasteiger partial charge is 0.394 e. The zero-order valence-electron chi connectivity index (χ0n) is 10.5. The van der Waals surface area contributed by atoms with Crippen LogP contribution in [0.25, 0.3) is 0 Å². The standard InChI is InChI=1S/C6H12O6.C4H10O4/c7-1-2(8)4(10)6(12)5(11)3(1)9;5-1-3(7)4(8)2-6/h1-12H;3-8H,1-2H2. The second kappa shape index (κ2) is 8.79. The normalized spacial score (nSPS) is 40.5. The lowest BCUT2D eigenvalue weighted by molar-refractivity contribution is -0.223. The lowest BCUT2D eigenvalue weighted by Gasteiger charge is -2.39. The average Bonchev–Trinajstić information content (AvgIpc) is 2.47. The van der Waals surface area contributed by atoms with E-state index in [1.54, 1.807) is 0 Å². The van der Waals surface area contributed by atoms with Gasteiger partial charge in [-0.3, -0.25) is 0 Å². The lowest BCUT2D eigenvalue weighted by atomic mass is 9.85. The van der Waals surface area contributed by atoms with E-state index < -0.39 is 62.0 Å². The van der Waals surface area contributed by atoms with Crippen molar-refractivity contribution >= 4 is 0 Å². The molecule has 1 aliphatic rings. The molecule has 0 heterocycles. The average molecular weight is 302 g/mol. The van der Waals surface area contributed by atoms with Gasteiger partial charge in [0.05, 0.1) is 13.2 Å². The molecular weight excluding hydrogens is 280 g/mol. The maximum absolute atomic E-state index is 8.97. The van der Waals surface area contributed by atoms with Gasteiger partial charge in [-0.15, -0.1) is 0 Å². The van der Waals surface area contributed by atoms with Crippen LogP contribution in [-0.2, 0) is 0 Å². The minimum Gasteiger partial charge on any atom is -0.394 e. The zero-order valence-corrected chi connectivity index (χ0v) is 10.5. The maximum atomic E-state index is 8.97. The van der Waals surface area contributed by atoms with Crippen LogP contribution in [0.3, 0.4) is 0 Å². The van der Waals surface area contributed by atoms with Gasteiger partial charge < -0.3 is 51.1 Å². The van der Waals surface area contributed by atoms with Crippen LogP contribution in [0.5, 0.6) is 0 Å². The van der Waals surface area contributed by atoms with E-state index in [0.29, 0.717) is 0 Å². The van der Waals surface area contributed by atoms with Crippen molar-refractivity contribution in [3.63, 3.8) is 0 Å². The van der Waals surface area contributed by atoms with Crippen LogP contribution in [0.1, 0.15) is 0 Å². The molecule has 1 aliphatic carbocycles. The third-order valence-corrected chi connectivity index (χ3v) is 2.92. The molecule has 1 rings (SSSR count). The van der Waals surface area contributed by atoms with Crippen molar-refractivity contribution in [1.29, 1.82) is 0 Å². The highest BCUT2D eigenvalue weighted by atomic mass is 16.4. The molecule has 0 radical (unpaired) electrons. The summed E-state index contributed by atoms with van der Waals surface area (Å²) in [5.41, 5.74) is 0. The van der Waals surface area contributed by atoms with E-state index in [1.807, 2.05) is 0 Å². The minimum absolute atomic E-state index is 0.526. The summed E-state index contributed by atoms with van der Waals surface area (Å²) in [5.74, 6) is 0. The summed E-state index contributed by atoms with van der Waals surface area (Å²) in [7, 11) is 0. The summed E-state index contributed by atoms with van der Waals surface area (Å²) in [4.78, 5) is 0. The smallest absolute Gasteiger partial charge is 0.111 e. The molecule has 0 amide bonds. The summed E-state index contributed by atoms with van der Waals surface area (Å²) < 4.78 is 0. The first-order valence-corrected chi connectivity index (χ1v) is 5.85. The van der Waals surface area contributed by atoms with Gasteiger partial charge in [0, 0.05) is 0 Å². The number of aliphatic hydroxyl groups is 10. The Hall–Kier alpha value is -0.400. The Labute approximate surface area is 114 Å². The summed E-state index contributed by atoms with van der Waals surface area (Å²) in [6, 6.07) is 0. The van der Waals surface area contributed by atoms with Crippen LogP contribution in [0.4, 0.5) is 0 Å². The Balaban J connectivity index is 0.000000396. The summed E-state index contributed by atoms with van der Waals surface area (Å²) in [5, 5.41) is 87.0. The maximum Gasteiger partial charge on any atom is 0.111 e. The van der Waals surface area contributed by atoms with Gasteiger partial charge in [0.1, 0.15) is 48.8 Å². The molecule has 0 bridgehead atoms. The predicted molar refractivity (Wildman–Crippen MR) is 62.2 cm³/mol. The van der Waals surface area contributed by atoms with Crippen LogP contribution in [-0.4, -0.2) is 113 Å². The van der Waals surface area contributed by atoms with Crippen LogP contribution in [0, 0.1) is 0 Å². The van der Waals surface area contributed by atoms with Gasteiger partial charge >= 0.3 is 0 Å². The van der Waals surface area contributed by atoms with Crippen LogP contribution < -0.4 is 0 Å². The monoisotopic (exact) mass is 302 g/mol. The third-order valence-electron chi connectivity index (χ3n) is 2.92. The van der Waals surface area contributed by atoms with E-state index in [1.165, 1.54) is 0 Å². The van der Waals surface area contributed by atoms with E-state index >= 15 is 0 Å². The molecule has 0 aromatic heterocycles. The highest BCUT2D eigenvalue weighted by Gasteiger charge is 2.47. The Kier molecular flexibility index (Phi) is 8.62. The second-order valence-corrected chi connectivity index (χ2v) is 4.44. The van der Waals surface area contributed by atoms with Crippen LogP contribution >= 0.6 is 0 Å². The van der Waals surface area contributed by atoms with E-state index in [-0.39, 0.29) is 0 Å². The molecule has 1 fully saturated rings. The minimum atomic E-state index is -1.64. The molecule has 10 heteroatoms. The third kappa shape index (κ3) is 4.86. The Morgan fingerprint density at radius 3 is 0.750 bits per heavy atom. The molecule has 122 valence electrons. The van der Waals surface area contributed by atoms with Crippen molar-refractivity contribution in [2.24, 2.45) is 0 Å². The van der Waals surface area contributed by atoms with Crippen molar-refractivity contribution in [2.45, 2.75) is 48.8 Å². The fraction of sp³-hybridized carbons (Fsp3) is 1.00. The van der Waals surface area contributed by atoms with Gasteiger partial charge in [-0.05, 0) is 0 Å². The lowest BCUT2D eigenvalue weighted by Crippen LogP contribution is -2.63. The Bertz CT molecular complexity index is 198. The molecule has 1 saturated carbocycles. The van der Waals surface area contributed by atoms with E-state index in [2.05, 4.69) is 0 Å². The molecule has 2 atom stereocenters. The van der Waals surface area contributed by atoms with Crippen LogP contribution in [0.15, 0.2) is 0 Å². The number of hydrogen-bond acceptors (Lipinski definition) is 10. The SMILES string of the molecule is OC1C(O)C(O)C(O)C(O)C1O.OCC(O)C(O)CO. The number of hydrogen-bond donors (Lipinski definition) is 10. The molecule has 0 saturated heterocycles. The first-order valence-electron chi connectivity index (χ1n) is 5.85. The highest BCUT2D eigenvalue weighted by Crippen LogP contribution is 2.20. The molecule has 0 spiro atoms. The second-order valence-electron chi connectivity index (χ2n) is 4.44. The fourth-order valence-electron chi connectivity index (χ4n) is 1.46. The number of rotatable bonds is 3.